The lowest BCUT2D eigenvalue weighted by atomic mass is 10.1. The van der Waals surface area contributed by atoms with Gasteiger partial charge in [-0.2, -0.15) is 0 Å². The summed E-state index contributed by atoms with van der Waals surface area (Å²) in [5.41, 5.74) is -0.736. The maximum Gasteiger partial charge on any atom is 0.343 e. The largest absolute Gasteiger partial charge is 0.507 e. The monoisotopic (exact) mass is 271 g/mol. The molecule has 0 amide bonds. The molecule has 104 valence electrons. The average molecular weight is 271 g/mol. The number of hydrogen-bond acceptors (Lipinski definition) is 5. The zero-order valence-corrected chi connectivity index (χ0v) is 10.3. The predicted octanol–water partition coefficient (Wildman–Crippen LogP) is 0.640. The number of rotatable bonds is 2. The first-order valence-corrected chi connectivity index (χ1v) is 5.80. The quantitative estimate of drug-likeness (QED) is 0.799. The van der Waals surface area contributed by atoms with Crippen molar-refractivity contribution in [3.05, 3.63) is 28.2 Å². The second-order valence-corrected chi connectivity index (χ2v) is 4.26. The van der Waals surface area contributed by atoms with Crippen molar-refractivity contribution in [2.45, 2.75) is 18.6 Å². The smallest absolute Gasteiger partial charge is 0.343 e. The van der Waals surface area contributed by atoms with E-state index >= 15 is 0 Å². The van der Waals surface area contributed by atoms with Crippen molar-refractivity contribution < 1.29 is 23.8 Å². The normalized spacial score (nSPS) is 23.1. The molecule has 7 heteroatoms. The molecule has 0 aromatic carbocycles. The highest BCUT2D eigenvalue weighted by molar-refractivity contribution is 5.91. The van der Waals surface area contributed by atoms with E-state index in [4.69, 9.17) is 4.74 Å². The molecule has 1 N–H and O–H groups in total. The molecular weight excluding hydrogens is 257 g/mol. The Bertz CT molecular complexity index is 541. The number of aromatic hydroxyl groups is 1. The van der Waals surface area contributed by atoms with Crippen molar-refractivity contribution in [1.29, 1.82) is 0 Å². The number of ether oxygens (including phenoxy) is 2. The van der Waals surface area contributed by atoms with Gasteiger partial charge < -0.3 is 19.1 Å². The number of carbonyl (C=O) groups is 1. The molecule has 0 spiro atoms. The van der Waals surface area contributed by atoms with E-state index in [0.29, 0.717) is 13.0 Å². The zero-order valence-electron chi connectivity index (χ0n) is 10.3. The van der Waals surface area contributed by atoms with Gasteiger partial charge in [0.25, 0.3) is 5.56 Å². The number of hydrogen-bond donors (Lipinski definition) is 1. The maximum absolute atomic E-state index is 13.8. The van der Waals surface area contributed by atoms with Crippen LogP contribution in [0.15, 0.2) is 17.1 Å². The third kappa shape index (κ3) is 2.60. The van der Waals surface area contributed by atoms with Gasteiger partial charge in [-0.1, -0.05) is 0 Å². The molecule has 2 rings (SSSR count). The van der Waals surface area contributed by atoms with Crippen molar-refractivity contribution in [2.24, 2.45) is 0 Å². The van der Waals surface area contributed by atoms with Crippen LogP contribution in [0.3, 0.4) is 0 Å². The summed E-state index contributed by atoms with van der Waals surface area (Å²) in [6, 6.07) is 0.180. The number of methoxy groups -OCH3 is 1. The third-order valence-electron chi connectivity index (χ3n) is 3.07. The molecular formula is C12H14FNO5. The van der Waals surface area contributed by atoms with Crippen LogP contribution < -0.4 is 5.56 Å². The summed E-state index contributed by atoms with van der Waals surface area (Å²) in [6.07, 6.45) is 0.125. The van der Waals surface area contributed by atoms with Crippen molar-refractivity contribution in [2.75, 3.05) is 20.3 Å². The van der Waals surface area contributed by atoms with E-state index in [9.17, 15) is 19.1 Å². The van der Waals surface area contributed by atoms with Gasteiger partial charge in [0.2, 0.25) is 0 Å². The fourth-order valence-electron chi connectivity index (χ4n) is 2.07. The lowest BCUT2D eigenvalue weighted by Gasteiger charge is -2.28. The molecule has 0 radical (unpaired) electrons. The van der Waals surface area contributed by atoms with Gasteiger partial charge in [-0.15, -0.1) is 0 Å². The molecule has 1 aromatic rings. The summed E-state index contributed by atoms with van der Waals surface area (Å²) in [5, 5.41) is 9.55. The number of carbonyl (C=O) groups excluding carboxylic acids is 1. The van der Waals surface area contributed by atoms with Gasteiger partial charge in [0.15, 0.2) is 0 Å². The number of pyridine rings is 1. The molecule has 1 aromatic heterocycles. The molecule has 0 bridgehead atoms. The fourth-order valence-corrected chi connectivity index (χ4v) is 2.07. The van der Waals surface area contributed by atoms with Crippen LogP contribution in [0.2, 0.25) is 0 Å². The molecule has 0 aliphatic carbocycles. The fraction of sp³-hybridized carbons (Fsp3) is 0.500. The molecule has 1 saturated heterocycles. The van der Waals surface area contributed by atoms with Crippen LogP contribution in [0.5, 0.6) is 5.75 Å². The number of aromatic nitrogens is 1. The molecule has 6 nitrogen and oxygen atoms in total. The first-order valence-electron chi connectivity index (χ1n) is 5.80. The number of nitrogens with zero attached hydrogens (tertiary/aromatic N) is 1. The van der Waals surface area contributed by atoms with Crippen LogP contribution in [0.1, 0.15) is 22.8 Å². The Kier molecular flexibility index (Phi) is 3.84. The highest BCUT2D eigenvalue weighted by Gasteiger charge is 2.29. The Morgan fingerprint density at radius 1 is 1.63 bits per heavy atom. The first-order chi connectivity index (χ1) is 9.04. The van der Waals surface area contributed by atoms with Crippen molar-refractivity contribution in [1.82, 2.24) is 4.57 Å². The SMILES string of the molecule is COC(=O)c1cn([C@@H]2CCOC[C@H]2F)c(=O)cc1O. The number of alkyl halides is 1. The molecule has 0 unspecified atom stereocenters. The lowest BCUT2D eigenvalue weighted by molar-refractivity contribution is 0.00220. The van der Waals surface area contributed by atoms with Crippen molar-refractivity contribution in [3.63, 3.8) is 0 Å². The van der Waals surface area contributed by atoms with Crippen LogP contribution in [-0.2, 0) is 9.47 Å². The van der Waals surface area contributed by atoms with Gasteiger partial charge in [0.05, 0.1) is 19.8 Å². The molecule has 19 heavy (non-hydrogen) atoms. The Balaban J connectivity index is 2.45. The second kappa shape index (κ2) is 5.40. The second-order valence-electron chi connectivity index (χ2n) is 4.26. The maximum atomic E-state index is 13.8. The van der Waals surface area contributed by atoms with E-state index in [2.05, 4.69) is 4.74 Å². The summed E-state index contributed by atoms with van der Waals surface area (Å²) >= 11 is 0. The van der Waals surface area contributed by atoms with Crippen LogP contribution in [0.4, 0.5) is 4.39 Å². The molecule has 2 heterocycles. The highest BCUT2D eigenvalue weighted by atomic mass is 19.1. The zero-order chi connectivity index (χ0) is 14.0. The van der Waals surface area contributed by atoms with Gasteiger partial charge in [-0.25, -0.2) is 9.18 Å². The summed E-state index contributed by atoms with van der Waals surface area (Å²) in [7, 11) is 1.16. The highest BCUT2D eigenvalue weighted by Crippen LogP contribution is 2.24. The predicted molar refractivity (Wildman–Crippen MR) is 63.1 cm³/mol. The number of halogens is 1. The lowest BCUT2D eigenvalue weighted by Crippen LogP contribution is -2.36. The van der Waals surface area contributed by atoms with E-state index in [-0.39, 0.29) is 12.2 Å². The minimum absolute atomic E-state index is 0.0917. The molecule has 1 fully saturated rings. The van der Waals surface area contributed by atoms with E-state index in [1.165, 1.54) is 0 Å². The van der Waals surface area contributed by atoms with Gasteiger partial charge in [-0.05, 0) is 6.42 Å². The Hall–Kier alpha value is -1.89. The van der Waals surface area contributed by atoms with Gasteiger partial charge in [-0.3, -0.25) is 4.79 Å². The Morgan fingerprint density at radius 2 is 2.37 bits per heavy atom. The molecule has 0 saturated carbocycles. The van der Waals surface area contributed by atoms with E-state index in [1.807, 2.05) is 0 Å². The number of esters is 1. The standard InChI is InChI=1S/C12H14FNO5/c1-18-12(17)7-5-14(11(16)4-10(7)15)9-2-3-19-6-8(9)13/h4-5,8-9,15H,2-3,6H2,1H3/t8-,9-/m1/s1. The van der Waals surface area contributed by atoms with Crippen LogP contribution >= 0.6 is 0 Å². The molecule has 1 aliphatic heterocycles. The van der Waals surface area contributed by atoms with E-state index in [1.54, 1.807) is 0 Å². The summed E-state index contributed by atoms with van der Waals surface area (Å²) in [6.45, 7) is 0.248. The molecule has 1 aliphatic rings. The van der Waals surface area contributed by atoms with Gasteiger partial charge in [0, 0.05) is 18.9 Å². The van der Waals surface area contributed by atoms with E-state index < -0.39 is 29.5 Å². The Labute approximate surface area is 108 Å². The van der Waals surface area contributed by atoms with Crippen LogP contribution in [0.25, 0.3) is 0 Å². The first kappa shape index (κ1) is 13.5. The van der Waals surface area contributed by atoms with Crippen LogP contribution in [-0.4, -0.2) is 42.1 Å². The van der Waals surface area contributed by atoms with Crippen molar-refractivity contribution >= 4 is 5.97 Å². The van der Waals surface area contributed by atoms with Gasteiger partial charge in [0.1, 0.15) is 17.5 Å². The Morgan fingerprint density at radius 3 is 3.00 bits per heavy atom. The summed E-state index contributed by atoms with van der Waals surface area (Å²) in [5.74, 6) is -1.26. The molecule has 2 atom stereocenters. The van der Waals surface area contributed by atoms with Crippen molar-refractivity contribution in [3.8, 4) is 5.75 Å². The topological polar surface area (TPSA) is 77.8 Å². The average Bonchev–Trinajstić information content (AvgIpc) is 2.39. The minimum atomic E-state index is -1.33. The van der Waals surface area contributed by atoms with Gasteiger partial charge >= 0.3 is 5.97 Å². The minimum Gasteiger partial charge on any atom is -0.507 e. The third-order valence-corrected chi connectivity index (χ3v) is 3.07. The summed E-state index contributed by atoms with van der Waals surface area (Å²) < 4.78 is 24.3. The van der Waals surface area contributed by atoms with Crippen LogP contribution in [0, 0.1) is 0 Å². The summed E-state index contributed by atoms with van der Waals surface area (Å²) in [4.78, 5) is 23.2. The van der Waals surface area contributed by atoms with E-state index in [0.717, 1.165) is 23.9 Å².